The molecule has 0 spiro atoms. The van der Waals surface area contributed by atoms with Crippen LogP contribution in [0.4, 0.5) is 11.4 Å². The first-order valence-corrected chi connectivity index (χ1v) is 17.2. The van der Waals surface area contributed by atoms with Crippen LogP contribution in [0.3, 0.4) is 0 Å². The lowest BCUT2D eigenvalue weighted by Crippen LogP contribution is -2.46. The summed E-state index contributed by atoms with van der Waals surface area (Å²) in [6.07, 6.45) is 3.53. The maximum atomic E-state index is 12.8. The zero-order valence-electron chi connectivity index (χ0n) is 27.7. The molecule has 2 aliphatic heterocycles. The van der Waals surface area contributed by atoms with Gasteiger partial charge in [-0.3, -0.25) is 0 Å². The normalized spacial score (nSPS) is 20.6. The summed E-state index contributed by atoms with van der Waals surface area (Å²) in [5, 5.41) is 19.2. The lowest BCUT2D eigenvalue weighted by Gasteiger charge is -2.37. The molecule has 2 saturated heterocycles. The van der Waals surface area contributed by atoms with Gasteiger partial charge in [-0.05, 0) is 74.5 Å². The molecular weight excluding hydrogens is 683 g/mol. The van der Waals surface area contributed by atoms with Gasteiger partial charge in [0, 0.05) is 48.1 Å². The molecular formula is C35H38Cl2N8O5. The van der Waals surface area contributed by atoms with Crippen LogP contribution in [0.25, 0.3) is 5.69 Å². The zero-order chi connectivity index (χ0) is 34.8. The largest absolute Gasteiger partial charge is 0.491 e. The second-order valence-corrected chi connectivity index (χ2v) is 13.4. The summed E-state index contributed by atoms with van der Waals surface area (Å²) >= 11 is 12.7. The van der Waals surface area contributed by atoms with Crippen LogP contribution in [0, 0.1) is 0 Å². The van der Waals surface area contributed by atoms with Crippen molar-refractivity contribution in [1.82, 2.24) is 29.1 Å². The minimum atomic E-state index is -1.17. The quantitative estimate of drug-likeness (QED) is 0.208. The molecule has 2 fully saturated rings. The maximum absolute atomic E-state index is 12.8. The summed E-state index contributed by atoms with van der Waals surface area (Å²) < 4.78 is 23.3. The number of halogens is 2. The predicted molar refractivity (Wildman–Crippen MR) is 190 cm³/mol. The van der Waals surface area contributed by atoms with E-state index in [-0.39, 0.29) is 18.3 Å². The number of aliphatic hydroxyl groups is 1. The van der Waals surface area contributed by atoms with Crippen LogP contribution in [-0.4, -0.2) is 85.8 Å². The van der Waals surface area contributed by atoms with E-state index in [0.717, 1.165) is 49.0 Å². The van der Waals surface area contributed by atoms with Gasteiger partial charge >= 0.3 is 5.69 Å². The molecule has 4 heterocycles. The van der Waals surface area contributed by atoms with Gasteiger partial charge in [-0.15, -0.1) is 0 Å². The van der Waals surface area contributed by atoms with Crippen LogP contribution in [0.2, 0.25) is 10.0 Å². The zero-order valence-corrected chi connectivity index (χ0v) is 29.2. The molecule has 0 unspecified atom stereocenters. The molecule has 0 aliphatic carbocycles. The number of anilines is 2. The molecule has 0 radical (unpaired) electrons. The fourth-order valence-electron chi connectivity index (χ4n) is 6.25. The Morgan fingerprint density at radius 1 is 0.920 bits per heavy atom. The van der Waals surface area contributed by atoms with Gasteiger partial charge < -0.3 is 29.1 Å². The van der Waals surface area contributed by atoms with E-state index in [2.05, 4.69) is 37.1 Å². The van der Waals surface area contributed by atoms with Crippen molar-refractivity contribution in [2.75, 3.05) is 49.2 Å². The Bertz CT molecular complexity index is 1940. The first-order valence-electron chi connectivity index (χ1n) is 16.5. The molecule has 13 nitrogen and oxygen atoms in total. The molecule has 2 aromatic heterocycles. The second-order valence-electron chi connectivity index (χ2n) is 12.5. The molecule has 50 heavy (non-hydrogen) atoms. The van der Waals surface area contributed by atoms with Crippen LogP contribution in [0.15, 0.2) is 90.5 Å². The standard InChI is InChI=1S/C35H38Cl2N8O5/c1-24(25(2)46)45-34(47)44(23-40-45)29-6-4-27(5-7-29)41-13-15-42(16-14-41)28-8-10-30(11-9-28)48-18-31-19-49-35(50-31,20-43-22-38-21-39-43)32-12-3-26(36)17-33(32)37/h3-12,17,21-25,31,46H,13-16,18-20H2,1-2H3/t24-,25-,31-,35-/m0/s1. The molecule has 0 amide bonds. The molecule has 1 N–H and O–H groups in total. The summed E-state index contributed by atoms with van der Waals surface area (Å²) in [7, 11) is 0. The van der Waals surface area contributed by atoms with Crippen molar-refractivity contribution in [3.63, 3.8) is 0 Å². The van der Waals surface area contributed by atoms with Crippen LogP contribution < -0.4 is 20.2 Å². The van der Waals surface area contributed by atoms with Crippen molar-refractivity contribution in [3.8, 4) is 11.4 Å². The lowest BCUT2D eigenvalue weighted by molar-refractivity contribution is -0.190. The highest BCUT2D eigenvalue weighted by atomic mass is 35.5. The monoisotopic (exact) mass is 720 g/mol. The Kier molecular flexibility index (Phi) is 9.84. The first-order chi connectivity index (χ1) is 24.2. The first kappa shape index (κ1) is 34.1. The Morgan fingerprint density at radius 2 is 1.58 bits per heavy atom. The summed E-state index contributed by atoms with van der Waals surface area (Å²) in [5.41, 5.74) is 3.33. The number of aromatic nitrogens is 6. The molecule has 262 valence electrons. The van der Waals surface area contributed by atoms with E-state index in [4.69, 9.17) is 37.4 Å². The molecule has 7 rings (SSSR count). The average Bonchev–Trinajstić information content (AvgIpc) is 3.88. The Balaban J connectivity index is 0.924. The van der Waals surface area contributed by atoms with Crippen molar-refractivity contribution < 1.29 is 19.3 Å². The lowest BCUT2D eigenvalue weighted by atomic mass is 10.1. The Morgan fingerprint density at radius 3 is 2.20 bits per heavy atom. The fraction of sp³-hybridized carbons (Fsp3) is 0.371. The van der Waals surface area contributed by atoms with E-state index in [1.54, 1.807) is 37.0 Å². The molecule has 3 aromatic carbocycles. The highest BCUT2D eigenvalue weighted by molar-refractivity contribution is 6.35. The van der Waals surface area contributed by atoms with Gasteiger partial charge in [0.1, 0.15) is 44.0 Å². The third kappa shape index (κ3) is 7.10. The van der Waals surface area contributed by atoms with Crippen molar-refractivity contribution in [2.45, 2.75) is 44.4 Å². The van der Waals surface area contributed by atoms with Crippen LogP contribution >= 0.6 is 23.2 Å². The molecule has 15 heteroatoms. The highest BCUT2D eigenvalue weighted by Gasteiger charge is 2.45. The minimum Gasteiger partial charge on any atom is -0.491 e. The molecule has 4 atom stereocenters. The van der Waals surface area contributed by atoms with Gasteiger partial charge in [-0.1, -0.05) is 29.3 Å². The number of nitrogens with zero attached hydrogens (tertiary/aromatic N) is 8. The summed E-state index contributed by atoms with van der Waals surface area (Å²) in [4.78, 5) is 21.6. The van der Waals surface area contributed by atoms with Gasteiger partial charge in [-0.2, -0.15) is 10.2 Å². The van der Waals surface area contributed by atoms with E-state index >= 15 is 0 Å². The van der Waals surface area contributed by atoms with E-state index in [1.807, 2.05) is 42.5 Å². The number of hydrogen-bond donors (Lipinski definition) is 1. The maximum Gasteiger partial charge on any atom is 0.350 e. The number of rotatable bonds is 11. The molecule has 5 aromatic rings. The smallest absolute Gasteiger partial charge is 0.350 e. The third-order valence-corrected chi connectivity index (χ3v) is 9.77. The number of ether oxygens (including phenoxy) is 3. The Labute approximate surface area is 299 Å². The summed E-state index contributed by atoms with van der Waals surface area (Å²) in [6, 6.07) is 20.8. The average molecular weight is 722 g/mol. The van der Waals surface area contributed by atoms with Crippen LogP contribution in [0.1, 0.15) is 25.5 Å². The third-order valence-electron chi connectivity index (χ3n) is 9.23. The highest BCUT2D eigenvalue weighted by Crippen LogP contribution is 2.40. The second kappa shape index (κ2) is 14.4. The summed E-state index contributed by atoms with van der Waals surface area (Å²) in [5.74, 6) is -0.432. The van der Waals surface area contributed by atoms with Crippen LogP contribution in [-0.2, 0) is 21.8 Å². The van der Waals surface area contributed by atoms with Gasteiger partial charge in [0.05, 0.1) is 29.5 Å². The van der Waals surface area contributed by atoms with E-state index in [1.165, 1.54) is 21.9 Å². The number of aliphatic hydroxyl groups excluding tert-OH is 1. The molecule has 0 saturated carbocycles. The van der Waals surface area contributed by atoms with Gasteiger partial charge in [0.15, 0.2) is 0 Å². The number of hydrogen-bond acceptors (Lipinski definition) is 10. The van der Waals surface area contributed by atoms with Crippen molar-refractivity contribution >= 4 is 34.6 Å². The fourth-order valence-corrected chi connectivity index (χ4v) is 6.80. The van der Waals surface area contributed by atoms with Crippen molar-refractivity contribution in [3.05, 3.63) is 112 Å². The topological polar surface area (TPSA) is 125 Å². The van der Waals surface area contributed by atoms with E-state index in [0.29, 0.717) is 28.8 Å². The van der Waals surface area contributed by atoms with Crippen LogP contribution in [0.5, 0.6) is 5.75 Å². The van der Waals surface area contributed by atoms with E-state index < -0.39 is 17.9 Å². The summed E-state index contributed by atoms with van der Waals surface area (Å²) in [6.45, 7) is 7.71. The predicted octanol–water partition coefficient (Wildman–Crippen LogP) is 4.55. The molecule has 2 aliphatic rings. The van der Waals surface area contributed by atoms with Crippen molar-refractivity contribution in [2.24, 2.45) is 0 Å². The Hall–Kier alpha value is -4.40. The van der Waals surface area contributed by atoms with Gasteiger partial charge in [0.2, 0.25) is 5.79 Å². The minimum absolute atomic E-state index is 0.261. The molecule has 0 bridgehead atoms. The number of piperazine rings is 1. The SMILES string of the molecule is C[C@H](O)[C@H](C)n1ncn(-c2ccc(N3CCN(c4ccc(OC[C@H]5CO[C@](Cn6cncn6)(c6ccc(Cl)cc6Cl)O5)cc4)CC3)cc2)c1=O. The van der Waals surface area contributed by atoms with Gasteiger partial charge in [0.25, 0.3) is 0 Å². The van der Waals surface area contributed by atoms with Crippen molar-refractivity contribution in [1.29, 1.82) is 0 Å². The number of benzene rings is 3. The van der Waals surface area contributed by atoms with Gasteiger partial charge in [-0.25, -0.2) is 23.7 Å². The van der Waals surface area contributed by atoms with E-state index in [9.17, 15) is 9.90 Å².